The number of benzene rings is 1. The maximum Gasteiger partial charge on any atom is 0.337 e. The highest BCUT2D eigenvalue weighted by atomic mass is 16.6. The van der Waals surface area contributed by atoms with Crippen LogP contribution in [0.5, 0.6) is 0 Å². The first kappa shape index (κ1) is 14.2. The maximum absolute atomic E-state index is 11.5. The molecule has 0 unspecified atom stereocenters. The van der Waals surface area contributed by atoms with Gasteiger partial charge in [-0.25, -0.2) is 9.48 Å². The molecule has 0 saturated carbocycles. The number of primary amides is 1. The van der Waals surface area contributed by atoms with Crippen LogP contribution in [0.4, 0.5) is 5.69 Å². The SMILES string of the molecule is COC(=O)c1ccc([N+](=O)[O-])c(-n2cc(C(N)=O)cn2)c1. The molecule has 0 radical (unpaired) electrons. The van der Waals surface area contributed by atoms with Crippen LogP contribution in [0.15, 0.2) is 30.6 Å². The zero-order chi connectivity index (χ0) is 15.6. The Kier molecular flexibility index (Phi) is 3.65. The van der Waals surface area contributed by atoms with Crippen molar-refractivity contribution in [3.05, 3.63) is 51.8 Å². The number of rotatable bonds is 4. The van der Waals surface area contributed by atoms with Gasteiger partial charge in [-0.05, 0) is 12.1 Å². The third-order valence-electron chi connectivity index (χ3n) is 2.71. The summed E-state index contributed by atoms with van der Waals surface area (Å²) in [7, 11) is 1.20. The molecule has 9 heteroatoms. The van der Waals surface area contributed by atoms with Gasteiger partial charge in [0, 0.05) is 12.3 Å². The normalized spacial score (nSPS) is 10.1. The van der Waals surface area contributed by atoms with Crippen LogP contribution in [-0.2, 0) is 4.74 Å². The Hall–Kier alpha value is -3.23. The van der Waals surface area contributed by atoms with Crippen molar-refractivity contribution in [1.82, 2.24) is 9.78 Å². The summed E-state index contributed by atoms with van der Waals surface area (Å²) < 4.78 is 5.66. The number of hydrogen-bond donors (Lipinski definition) is 1. The molecule has 0 aliphatic rings. The Labute approximate surface area is 118 Å². The molecule has 1 amide bonds. The fraction of sp³-hybridized carbons (Fsp3) is 0.0833. The van der Waals surface area contributed by atoms with E-state index >= 15 is 0 Å². The summed E-state index contributed by atoms with van der Waals surface area (Å²) in [6, 6.07) is 3.68. The van der Waals surface area contributed by atoms with E-state index in [2.05, 4.69) is 9.84 Å². The van der Waals surface area contributed by atoms with E-state index in [-0.39, 0.29) is 22.5 Å². The highest BCUT2D eigenvalue weighted by molar-refractivity contribution is 5.92. The number of ether oxygens (including phenoxy) is 1. The molecular formula is C12H10N4O5. The monoisotopic (exact) mass is 290 g/mol. The van der Waals surface area contributed by atoms with Gasteiger partial charge in [0.05, 0.1) is 29.4 Å². The minimum atomic E-state index is -0.715. The van der Waals surface area contributed by atoms with Crippen molar-refractivity contribution in [1.29, 1.82) is 0 Å². The molecule has 1 aromatic heterocycles. The number of nitro groups is 1. The van der Waals surface area contributed by atoms with Crippen LogP contribution in [-0.4, -0.2) is 33.7 Å². The standard InChI is InChI=1S/C12H10N4O5/c1-21-12(18)7-2-3-9(16(19)20)10(4-7)15-6-8(5-14-15)11(13)17/h2-6H,1H3,(H2,13,17). The Bertz CT molecular complexity index is 737. The second-order valence-electron chi connectivity index (χ2n) is 3.99. The van der Waals surface area contributed by atoms with Crippen LogP contribution in [0.3, 0.4) is 0 Å². The van der Waals surface area contributed by atoms with Crippen LogP contribution in [0.1, 0.15) is 20.7 Å². The van der Waals surface area contributed by atoms with E-state index in [1.807, 2.05) is 0 Å². The van der Waals surface area contributed by atoms with Crippen LogP contribution in [0.2, 0.25) is 0 Å². The lowest BCUT2D eigenvalue weighted by Crippen LogP contribution is -2.10. The van der Waals surface area contributed by atoms with Gasteiger partial charge in [-0.15, -0.1) is 0 Å². The molecule has 0 spiro atoms. The Morgan fingerprint density at radius 2 is 2.10 bits per heavy atom. The van der Waals surface area contributed by atoms with E-state index in [0.717, 1.165) is 10.7 Å². The summed E-state index contributed by atoms with van der Waals surface area (Å²) in [6.07, 6.45) is 2.42. The van der Waals surface area contributed by atoms with Gasteiger partial charge in [-0.2, -0.15) is 5.10 Å². The molecule has 0 atom stereocenters. The fourth-order valence-electron chi connectivity index (χ4n) is 1.69. The molecule has 1 heterocycles. The summed E-state index contributed by atoms with van der Waals surface area (Å²) in [4.78, 5) is 33.0. The number of methoxy groups -OCH3 is 1. The second kappa shape index (κ2) is 5.41. The predicted octanol–water partition coefficient (Wildman–Crippen LogP) is 0.666. The summed E-state index contributed by atoms with van der Waals surface area (Å²) in [5.74, 6) is -1.36. The zero-order valence-electron chi connectivity index (χ0n) is 10.8. The van der Waals surface area contributed by atoms with Gasteiger partial charge in [0.25, 0.3) is 11.6 Å². The molecule has 2 aromatic rings. The molecule has 2 N–H and O–H groups in total. The van der Waals surface area contributed by atoms with Crippen molar-refractivity contribution in [3.8, 4) is 5.69 Å². The van der Waals surface area contributed by atoms with E-state index in [9.17, 15) is 19.7 Å². The van der Waals surface area contributed by atoms with Gasteiger partial charge in [0.2, 0.25) is 0 Å². The van der Waals surface area contributed by atoms with Gasteiger partial charge in [-0.3, -0.25) is 14.9 Å². The van der Waals surface area contributed by atoms with E-state index in [1.165, 1.54) is 31.6 Å². The zero-order valence-corrected chi connectivity index (χ0v) is 10.8. The first-order valence-electron chi connectivity index (χ1n) is 5.65. The van der Waals surface area contributed by atoms with Crippen molar-refractivity contribution in [2.24, 2.45) is 5.73 Å². The third kappa shape index (κ3) is 2.71. The third-order valence-corrected chi connectivity index (χ3v) is 2.71. The van der Waals surface area contributed by atoms with Crippen molar-refractivity contribution in [3.63, 3.8) is 0 Å². The average Bonchev–Trinajstić information content (AvgIpc) is 2.95. The number of carbonyl (C=O) groups is 2. The number of nitrogens with two attached hydrogens (primary N) is 1. The van der Waals surface area contributed by atoms with Crippen molar-refractivity contribution >= 4 is 17.6 Å². The van der Waals surface area contributed by atoms with Crippen molar-refractivity contribution in [2.75, 3.05) is 7.11 Å². The van der Waals surface area contributed by atoms with Crippen LogP contribution >= 0.6 is 0 Å². The van der Waals surface area contributed by atoms with Gasteiger partial charge >= 0.3 is 5.97 Å². The van der Waals surface area contributed by atoms with E-state index < -0.39 is 16.8 Å². The average molecular weight is 290 g/mol. The molecule has 1 aromatic carbocycles. The van der Waals surface area contributed by atoms with E-state index in [1.54, 1.807) is 0 Å². The number of nitrogens with zero attached hydrogens (tertiary/aromatic N) is 3. The van der Waals surface area contributed by atoms with Gasteiger partial charge < -0.3 is 10.5 Å². The smallest absolute Gasteiger partial charge is 0.337 e. The topological polar surface area (TPSA) is 130 Å². The number of hydrogen-bond acceptors (Lipinski definition) is 6. The summed E-state index contributed by atoms with van der Waals surface area (Å²) in [5, 5.41) is 14.9. The Morgan fingerprint density at radius 3 is 2.62 bits per heavy atom. The minimum Gasteiger partial charge on any atom is -0.465 e. The molecule has 108 valence electrons. The van der Waals surface area contributed by atoms with Crippen LogP contribution < -0.4 is 5.73 Å². The number of carbonyl (C=O) groups excluding carboxylic acids is 2. The molecule has 0 aliphatic carbocycles. The predicted molar refractivity (Wildman–Crippen MR) is 70.1 cm³/mol. The van der Waals surface area contributed by atoms with Gasteiger partial charge in [0.1, 0.15) is 5.69 Å². The lowest BCUT2D eigenvalue weighted by molar-refractivity contribution is -0.384. The van der Waals surface area contributed by atoms with Crippen LogP contribution in [0.25, 0.3) is 5.69 Å². The number of nitro benzene ring substituents is 1. The van der Waals surface area contributed by atoms with Crippen molar-refractivity contribution < 1.29 is 19.2 Å². The molecule has 0 saturated heterocycles. The molecule has 0 bridgehead atoms. The van der Waals surface area contributed by atoms with Gasteiger partial charge in [-0.1, -0.05) is 0 Å². The highest BCUT2D eigenvalue weighted by Gasteiger charge is 2.20. The van der Waals surface area contributed by atoms with Crippen molar-refractivity contribution in [2.45, 2.75) is 0 Å². The molecule has 21 heavy (non-hydrogen) atoms. The van der Waals surface area contributed by atoms with E-state index in [0.29, 0.717) is 0 Å². The van der Waals surface area contributed by atoms with Gasteiger partial charge in [0.15, 0.2) is 0 Å². The summed E-state index contributed by atoms with van der Waals surface area (Å²) in [6.45, 7) is 0. The molecule has 0 aliphatic heterocycles. The quantitative estimate of drug-likeness (QED) is 0.500. The molecule has 2 rings (SSSR count). The number of esters is 1. The summed E-state index contributed by atoms with van der Waals surface area (Å²) >= 11 is 0. The van der Waals surface area contributed by atoms with E-state index in [4.69, 9.17) is 5.73 Å². The Balaban J connectivity index is 2.59. The Morgan fingerprint density at radius 1 is 1.38 bits per heavy atom. The number of aromatic nitrogens is 2. The minimum absolute atomic E-state index is 0.0235. The lowest BCUT2D eigenvalue weighted by atomic mass is 10.1. The largest absolute Gasteiger partial charge is 0.465 e. The molecule has 9 nitrogen and oxygen atoms in total. The lowest BCUT2D eigenvalue weighted by Gasteiger charge is -2.05. The maximum atomic E-state index is 11.5. The first-order chi connectivity index (χ1) is 9.93. The van der Waals surface area contributed by atoms with Crippen LogP contribution in [0, 0.1) is 10.1 Å². The fourth-order valence-corrected chi connectivity index (χ4v) is 1.69. The molecular weight excluding hydrogens is 280 g/mol. The molecule has 0 fully saturated rings. The second-order valence-corrected chi connectivity index (χ2v) is 3.99. The number of amides is 1. The summed E-state index contributed by atoms with van der Waals surface area (Å²) in [5.41, 5.74) is 5.06. The highest BCUT2D eigenvalue weighted by Crippen LogP contribution is 2.24. The first-order valence-corrected chi connectivity index (χ1v) is 5.65.